The molecule has 116 valence electrons. The second kappa shape index (κ2) is 7.57. The second-order valence-electron chi connectivity index (χ2n) is 6.16. The summed E-state index contributed by atoms with van der Waals surface area (Å²) in [7, 11) is 4.17. The number of rotatable bonds is 5. The zero-order valence-corrected chi connectivity index (χ0v) is 13.2. The van der Waals surface area contributed by atoms with Gasteiger partial charge in [0.1, 0.15) is 0 Å². The minimum atomic E-state index is -0.0513. The minimum Gasteiger partial charge on any atom is -0.341 e. The van der Waals surface area contributed by atoms with E-state index in [4.69, 9.17) is 5.73 Å². The quantitative estimate of drug-likeness (QED) is 0.902. The normalized spacial score (nSPS) is 20.6. The number of hydrogen-bond acceptors (Lipinski definition) is 3. The molecule has 2 atom stereocenters. The first kappa shape index (κ1) is 16.0. The number of carbonyl (C=O) groups excluding carboxylic acids is 1. The van der Waals surface area contributed by atoms with Crippen molar-refractivity contribution in [2.45, 2.75) is 37.8 Å². The van der Waals surface area contributed by atoms with Crippen molar-refractivity contribution in [1.82, 2.24) is 9.80 Å². The Bertz CT molecular complexity index is 447. The van der Waals surface area contributed by atoms with Crippen LogP contribution >= 0.6 is 0 Å². The van der Waals surface area contributed by atoms with Crippen LogP contribution in [0.25, 0.3) is 0 Å². The molecule has 1 heterocycles. The molecule has 1 aliphatic heterocycles. The molecule has 1 aromatic rings. The second-order valence-corrected chi connectivity index (χ2v) is 6.16. The Morgan fingerprint density at radius 3 is 2.76 bits per heavy atom. The molecule has 21 heavy (non-hydrogen) atoms. The first-order valence-corrected chi connectivity index (χ1v) is 7.82. The van der Waals surface area contributed by atoms with E-state index in [0.29, 0.717) is 18.9 Å². The molecule has 0 bridgehead atoms. The Morgan fingerprint density at radius 1 is 1.38 bits per heavy atom. The van der Waals surface area contributed by atoms with Crippen molar-refractivity contribution in [2.75, 3.05) is 27.2 Å². The van der Waals surface area contributed by atoms with E-state index in [-0.39, 0.29) is 11.9 Å². The van der Waals surface area contributed by atoms with E-state index in [1.165, 1.54) is 6.42 Å². The standard InChI is InChI=1S/C17H27N3O/c1-19(2)15-9-6-12-20(13-15)17(21)11-10-16(18)14-7-4-3-5-8-14/h3-5,7-8,15-16H,6,9-13,18H2,1-2H3. The maximum atomic E-state index is 12.4. The van der Waals surface area contributed by atoms with E-state index in [1.807, 2.05) is 35.2 Å². The van der Waals surface area contributed by atoms with Crippen LogP contribution in [0.2, 0.25) is 0 Å². The van der Waals surface area contributed by atoms with Gasteiger partial charge >= 0.3 is 0 Å². The highest BCUT2D eigenvalue weighted by atomic mass is 16.2. The van der Waals surface area contributed by atoms with Crippen LogP contribution in [0.15, 0.2) is 30.3 Å². The maximum absolute atomic E-state index is 12.4. The van der Waals surface area contributed by atoms with Gasteiger partial charge in [-0.25, -0.2) is 0 Å². The SMILES string of the molecule is CN(C)C1CCCN(C(=O)CCC(N)c2ccccc2)C1. The summed E-state index contributed by atoms with van der Waals surface area (Å²) < 4.78 is 0. The number of likely N-dealkylation sites (N-methyl/N-ethyl adjacent to an activating group) is 1. The summed E-state index contributed by atoms with van der Waals surface area (Å²) in [6.45, 7) is 1.75. The molecule has 2 unspecified atom stereocenters. The molecule has 2 N–H and O–H groups in total. The monoisotopic (exact) mass is 289 g/mol. The van der Waals surface area contributed by atoms with Crippen LogP contribution < -0.4 is 5.73 Å². The number of amides is 1. The Morgan fingerprint density at radius 2 is 2.10 bits per heavy atom. The van der Waals surface area contributed by atoms with Gasteiger partial charge in [-0.3, -0.25) is 4.79 Å². The summed E-state index contributed by atoms with van der Waals surface area (Å²) in [5, 5.41) is 0. The minimum absolute atomic E-state index is 0.0513. The van der Waals surface area contributed by atoms with Gasteiger partial charge in [0.25, 0.3) is 0 Å². The first-order valence-electron chi connectivity index (χ1n) is 7.82. The summed E-state index contributed by atoms with van der Waals surface area (Å²) >= 11 is 0. The van der Waals surface area contributed by atoms with Gasteiger partial charge in [-0.1, -0.05) is 30.3 Å². The lowest BCUT2D eigenvalue weighted by Crippen LogP contribution is -2.47. The van der Waals surface area contributed by atoms with Crippen LogP contribution in [0, 0.1) is 0 Å². The third-order valence-corrected chi connectivity index (χ3v) is 4.38. The number of nitrogens with two attached hydrogens (primary N) is 1. The van der Waals surface area contributed by atoms with Crippen molar-refractivity contribution in [3.05, 3.63) is 35.9 Å². The van der Waals surface area contributed by atoms with Crippen LogP contribution in [0.4, 0.5) is 0 Å². The molecule has 1 aromatic carbocycles. The van der Waals surface area contributed by atoms with Gasteiger partial charge in [0.15, 0.2) is 0 Å². The highest BCUT2D eigenvalue weighted by Crippen LogP contribution is 2.18. The molecule has 0 radical (unpaired) electrons. The zero-order chi connectivity index (χ0) is 15.2. The molecule has 1 fully saturated rings. The average Bonchev–Trinajstić information content (AvgIpc) is 2.53. The van der Waals surface area contributed by atoms with Gasteiger partial charge in [-0.05, 0) is 38.9 Å². The Kier molecular flexibility index (Phi) is 5.76. The summed E-state index contributed by atoms with van der Waals surface area (Å²) in [6, 6.07) is 10.5. The summed E-state index contributed by atoms with van der Waals surface area (Å²) in [5.41, 5.74) is 7.28. The molecule has 1 saturated heterocycles. The lowest BCUT2D eigenvalue weighted by molar-refractivity contribution is -0.133. The third-order valence-electron chi connectivity index (χ3n) is 4.38. The Hall–Kier alpha value is -1.39. The van der Waals surface area contributed by atoms with Gasteiger partial charge < -0.3 is 15.5 Å². The number of piperidine rings is 1. The van der Waals surface area contributed by atoms with Crippen LogP contribution in [-0.2, 0) is 4.79 Å². The lowest BCUT2D eigenvalue weighted by atomic mass is 10.0. The van der Waals surface area contributed by atoms with E-state index in [1.54, 1.807) is 0 Å². The van der Waals surface area contributed by atoms with E-state index in [0.717, 1.165) is 25.1 Å². The van der Waals surface area contributed by atoms with Gasteiger partial charge in [0.2, 0.25) is 5.91 Å². The third kappa shape index (κ3) is 4.55. The highest BCUT2D eigenvalue weighted by molar-refractivity contribution is 5.76. The number of likely N-dealkylation sites (tertiary alicyclic amines) is 1. The zero-order valence-electron chi connectivity index (χ0n) is 13.2. The fraction of sp³-hybridized carbons (Fsp3) is 0.588. The largest absolute Gasteiger partial charge is 0.341 e. The Labute approximate surface area is 127 Å². The number of carbonyl (C=O) groups is 1. The Balaban J connectivity index is 1.81. The molecule has 1 aliphatic rings. The topological polar surface area (TPSA) is 49.6 Å². The number of hydrogen-bond donors (Lipinski definition) is 1. The van der Waals surface area contributed by atoms with Gasteiger partial charge in [-0.15, -0.1) is 0 Å². The first-order chi connectivity index (χ1) is 10.1. The fourth-order valence-electron chi connectivity index (χ4n) is 2.91. The molecule has 2 rings (SSSR count). The highest BCUT2D eigenvalue weighted by Gasteiger charge is 2.24. The van der Waals surface area contributed by atoms with E-state index >= 15 is 0 Å². The summed E-state index contributed by atoms with van der Waals surface area (Å²) in [4.78, 5) is 16.6. The van der Waals surface area contributed by atoms with Crippen molar-refractivity contribution in [3.63, 3.8) is 0 Å². The molecule has 1 amide bonds. The summed E-state index contributed by atoms with van der Waals surface area (Å²) in [6.07, 6.45) is 3.53. The van der Waals surface area contributed by atoms with Gasteiger partial charge in [0.05, 0.1) is 0 Å². The molecule has 4 heteroatoms. The van der Waals surface area contributed by atoms with Crippen molar-refractivity contribution < 1.29 is 4.79 Å². The van der Waals surface area contributed by atoms with Crippen LogP contribution in [0.1, 0.15) is 37.3 Å². The number of benzene rings is 1. The molecule has 0 saturated carbocycles. The molecule has 0 aromatic heterocycles. The van der Waals surface area contributed by atoms with Crippen LogP contribution in [0.5, 0.6) is 0 Å². The molecule has 0 aliphatic carbocycles. The van der Waals surface area contributed by atoms with Gasteiger partial charge in [-0.2, -0.15) is 0 Å². The molecular formula is C17H27N3O. The van der Waals surface area contributed by atoms with E-state index in [9.17, 15) is 4.79 Å². The molecule has 0 spiro atoms. The lowest BCUT2D eigenvalue weighted by Gasteiger charge is -2.36. The molecular weight excluding hydrogens is 262 g/mol. The van der Waals surface area contributed by atoms with Crippen molar-refractivity contribution in [2.24, 2.45) is 5.73 Å². The van der Waals surface area contributed by atoms with Crippen molar-refractivity contribution in [3.8, 4) is 0 Å². The van der Waals surface area contributed by atoms with Crippen molar-refractivity contribution >= 4 is 5.91 Å². The smallest absolute Gasteiger partial charge is 0.222 e. The fourth-order valence-corrected chi connectivity index (χ4v) is 2.91. The van der Waals surface area contributed by atoms with E-state index < -0.39 is 0 Å². The maximum Gasteiger partial charge on any atom is 0.222 e. The number of nitrogens with zero attached hydrogens (tertiary/aromatic N) is 2. The van der Waals surface area contributed by atoms with Crippen LogP contribution in [0.3, 0.4) is 0 Å². The van der Waals surface area contributed by atoms with Gasteiger partial charge in [0, 0.05) is 31.6 Å². The summed E-state index contributed by atoms with van der Waals surface area (Å²) in [5.74, 6) is 0.243. The predicted molar refractivity (Wildman–Crippen MR) is 85.9 cm³/mol. The van der Waals surface area contributed by atoms with Crippen LogP contribution in [-0.4, -0.2) is 48.9 Å². The average molecular weight is 289 g/mol. The molecule has 4 nitrogen and oxygen atoms in total. The predicted octanol–water partition coefficient (Wildman–Crippen LogP) is 2.02. The van der Waals surface area contributed by atoms with Crippen molar-refractivity contribution in [1.29, 1.82) is 0 Å². The van der Waals surface area contributed by atoms with E-state index in [2.05, 4.69) is 19.0 Å².